The summed E-state index contributed by atoms with van der Waals surface area (Å²) in [7, 11) is 0. The molecule has 2 aromatic heterocycles. The maximum absolute atomic E-state index is 12.6. The minimum absolute atomic E-state index is 0.0797. The van der Waals surface area contributed by atoms with Gasteiger partial charge in [-0.3, -0.25) is 4.79 Å². The molecular weight excluding hydrogens is 400 g/mol. The Kier molecular flexibility index (Phi) is 4.80. The lowest BCUT2D eigenvalue weighted by Gasteiger charge is -2.35. The van der Waals surface area contributed by atoms with Crippen molar-refractivity contribution in [2.45, 2.75) is 0 Å². The highest BCUT2D eigenvalue weighted by atomic mass is 35.5. The van der Waals surface area contributed by atoms with Gasteiger partial charge in [0.2, 0.25) is 0 Å². The molecule has 0 atom stereocenters. The first-order valence-corrected chi connectivity index (χ1v) is 10.1. The van der Waals surface area contributed by atoms with E-state index in [9.17, 15) is 4.79 Å². The molecule has 0 radical (unpaired) electrons. The molecule has 7 nitrogen and oxygen atoms in total. The Bertz CT molecular complexity index is 1200. The highest BCUT2D eigenvalue weighted by molar-refractivity contribution is 6.33. The van der Waals surface area contributed by atoms with Crippen LogP contribution in [0, 0.1) is 0 Å². The van der Waals surface area contributed by atoms with Gasteiger partial charge in [-0.25, -0.2) is 15.0 Å². The third kappa shape index (κ3) is 3.37. The number of carbonyl (C=O) groups is 1. The van der Waals surface area contributed by atoms with Crippen molar-refractivity contribution in [1.29, 1.82) is 0 Å². The van der Waals surface area contributed by atoms with E-state index in [0.29, 0.717) is 42.9 Å². The van der Waals surface area contributed by atoms with Crippen molar-refractivity contribution in [2.24, 2.45) is 0 Å². The molecule has 0 spiro atoms. The number of hydrogen-bond donors (Lipinski definition) is 1. The normalized spacial score (nSPS) is 14.3. The molecule has 2 aromatic carbocycles. The molecule has 5 rings (SSSR count). The fourth-order valence-electron chi connectivity index (χ4n) is 3.72. The summed E-state index contributed by atoms with van der Waals surface area (Å²) in [5.41, 5.74) is 1.67. The van der Waals surface area contributed by atoms with E-state index in [1.54, 1.807) is 12.4 Å². The molecule has 3 heterocycles. The topological polar surface area (TPSA) is 78.0 Å². The Labute approximate surface area is 178 Å². The molecule has 1 aliphatic rings. The zero-order valence-corrected chi connectivity index (χ0v) is 16.9. The second kappa shape index (κ2) is 7.76. The molecule has 8 heteroatoms. The first-order valence-electron chi connectivity index (χ1n) is 9.76. The van der Waals surface area contributed by atoms with Gasteiger partial charge >= 0.3 is 0 Å². The molecule has 1 N–H and O–H groups in total. The van der Waals surface area contributed by atoms with Crippen LogP contribution in [0.2, 0.25) is 5.02 Å². The van der Waals surface area contributed by atoms with Crippen LogP contribution >= 0.6 is 11.6 Å². The number of aromatic nitrogens is 4. The van der Waals surface area contributed by atoms with Crippen LogP contribution in [0.1, 0.15) is 10.6 Å². The van der Waals surface area contributed by atoms with Crippen LogP contribution in [-0.4, -0.2) is 56.9 Å². The summed E-state index contributed by atoms with van der Waals surface area (Å²) in [5.74, 6) is 1.75. The lowest BCUT2D eigenvalue weighted by Crippen LogP contribution is -2.49. The lowest BCUT2D eigenvalue weighted by atomic mass is 10.1. The SMILES string of the molecule is O=C(c1ncc[nH]1)N1CCN(c2nc(-c3ccccc3Cl)nc3ccccc23)CC1. The van der Waals surface area contributed by atoms with Crippen LogP contribution in [-0.2, 0) is 0 Å². The monoisotopic (exact) mass is 418 g/mol. The Morgan fingerprint density at radius 2 is 1.73 bits per heavy atom. The summed E-state index contributed by atoms with van der Waals surface area (Å²) in [4.78, 5) is 33.2. The summed E-state index contributed by atoms with van der Waals surface area (Å²) in [6.45, 7) is 2.55. The van der Waals surface area contributed by atoms with E-state index in [2.05, 4.69) is 14.9 Å². The fourth-order valence-corrected chi connectivity index (χ4v) is 3.94. The van der Waals surface area contributed by atoms with E-state index in [4.69, 9.17) is 21.6 Å². The van der Waals surface area contributed by atoms with Gasteiger partial charge in [-0.15, -0.1) is 0 Å². The van der Waals surface area contributed by atoms with Gasteiger partial charge in [0.05, 0.1) is 10.5 Å². The molecule has 1 fully saturated rings. The van der Waals surface area contributed by atoms with Crippen LogP contribution in [0.5, 0.6) is 0 Å². The predicted molar refractivity (Wildman–Crippen MR) is 117 cm³/mol. The molecule has 4 aromatic rings. The van der Waals surface area contributed by atoms with Crippen LogP contribution in [0.25, 0.3) is 22.3 Å². The summed E-state index contributed by atoms with van der Waals surface area (Å²) >= 11 is 6.40. The lowest BCUT2D eigenvalue weighted by molar-refractivity contribution is 0.0735. The average molecular weight is 419 g/mol. The number of nitrogens with one attached hydrogen (secondary N) is 1. The van der Waals surface area contributed by atoms with Gasteiger partial charge in [-0.1, -0.05) is 35.9 Å². The van der Waals surface area contributed by atoms with E-state index in [-0.39, 0.29) is 5.91 Å². The van der Waals surface area contributed by atoms with Crippen molar-refractivity contribution in [2.75, 3.05) is 31.1 Å². The summed E-state index contributed by atoms with van der Waals surface area (Å²) in [5, 5.41) is 1.60. The molecule has 150 valence electrons. The van der Waals surface area contributed by atoms with Crippen molar-refractivity contribution < 1.29 is 4.79 Å². The number of hydrogen-bond acceptors (Lipinski definition) is 5. The van der Waals surface area contributed by atoms with Crippen molar-refractivity contribution in [3.8, 4) is 11.4 Å². The first kappa shape index (κ1) is 18.6. The number of carbonyl (C=O) groups excluding carboxylic acids is 1. The molecule has 0 saturated carbocycles. The van der Waals surface area contributed by atoms with E-state index >= 15 is 0 Å². The van der Waals surface area contributed by atoms with Gasteiger partial charge in [-0.2, -0.15) is 0 Å². The van der Waals surface area contributed by atoms with Crippen LogP contribution in [0.3, 0.4) is 0 Å². The minimum atomic E-state index is -0.0797. The number of amides is 1. The number of anilines is 1. The number of halogens is 1. The van der Waals surface area contributed by atoms with E-state index < -0.39 is 0 Å². The maximum Gasteiger partial charge on any atom is 0.289 e. The highest BCUT2D eigenvalue weighted by Crippen LogP contribution is 2.31. The molecule has 1 amide bonds. The number of para-hydroxylation sites is 1. The molecule has 1 saturated heterocycles. The van der Waals surface area contributed by atoms with Crippen molar-refractivity contribution in [3.63, 3.8) is 0 Å². The second-order valence-corrected chi connectivity index (χ2v) is 7.49. The van der Waals surface area contributed by atoms with Gasteiger partial charge in [0.25, 0.3) is 5.91 Å². The van der Waals surface area contributed by atoms with Gasteiger partial charge in [-0.05, 0) is 24.3 Å². The minimum Gasteiger partial charge on any atom is -0.352 e. The Hall–Kier alpha value is -3.45. The van der Waals surface area contributed by atoms with Gasteiger partial charge in [0, 0.05) is 49.5 Å². The summed E-state index contributed by atoms with van der Waals surface area (Å²) in [6, 6.07) is 15.6. The number of H-pyrrole nitrogens is 1. The smallest absolute Gasteiger partial charge is 0.289 e. The second-order valence-electron chi connectivity index (χ2n) is 7.08. The van der Waals surface area contributed by atoms with Crippen LogP contribution in [0.15, 0.2) is 60.9 Å². The van der Waals surface area contributed by atoms with Crippen molar-refractivity contribution >= 4 is 34.2 Å². The number of rotatable bonds is 3. The summed E-state index contributed by atoms with van der Waals surface area (Å²) in [6.07, 6.45) is 3.25. The zero-order chi connectivity index (χ0) is 20.5. The molecule has 0 aliphatic carbocycles. The number of benzene rings is 2. The van der Waals surface area contributed by atoms with Crippen molar-refractivity contribution in [1.82, 2.24) is 24.8 Å². The molecule has 0 unspecified atom stereocenters. The first-order chi connectivity index (χ1) is 14.7. The van der Waals surface area contributed by atoms with E-state index in [1.165, 1.54) is 0 Å². The highest BCUT2D eigenvalue weighted by Gasteiger charge is 2.25. The predicted octanol–water partition coefficient (Wildman–Crippen LogP) is 3.64. The Balaban J connectivity index is 1.47. The largest absolute Gasteiger partial charge is 0.352 e. The molecule has 30 heavy (non-hydrogen) atoms. The number of nitrogens with zero attached hydrogens (tertiary/aromatic N) is 5. The fraction of sp³-hybridized carbons (Fsp3) is 0.182. The zero-order valence-electron chi connectivity index (χ0n) is 16.1. The Morgan fingerprint density at radius 3 is 2.50 bits per heavy atom. The Morgan fingerprint density at radius 1 is 0.967 bits per heavy atom. The standard InChI is InChI=1S/C22H19ClN6O/c23-17-7-3-1-5-15(17)19-26-18-8-4-2-6-16(18)21(27-19)28-11-13-29(14-12-28)22(30)20-24-9-10-25-20/h1-10H,11-14H2,(H,24,25). The molecular formula is C22H19ClN6O. The maximum atomic E-state index is 12.6. The third-order valence-corrected chi connectivity index (χ3v) is 5.59. The van der Waals surface area contributed by atoms with Gasteiger partial charge in [0.15, 0.2) is 11.6 Å². The third-order valence-electron chi connectivity index (χ3n) is 5.27. The number of piperazine rings is 1. The van der Waals surface area contributed by atoms with Crippen LogP contribution < -0.4 is 4.90 Å². The number of imidazole rings is 1. The van der Waals surface area contributed by atoms with Crippen LogP contribution in [0.4, 0.5) is 5.82 Å². The number of fused-ring (bicyclic) bond motifs is 1. The van der Waals surface area contributed by atoms with Gasteiger partial charge < -0.3 is 14.8 Å². The quantitative estimate of drug-likeness (QED) is 0.549. The summed E-state index contributed by atoms with van der Waals surface area (Å²) < 4.78 is 0. The van der Waals surface area contributed by atoms with E-state index in [1.807, 2.05) is 53.4 Å². The van der Waals surface area contributed by atoms with Crippen molar-refractivity contribution in [3.05, 3.63) is 71.8 Å². The average Bonchev–Trinajstić information content (AvgIpc) is 3.33. The van der Waals surface area contributed by atoms with Gasteiger partial charge in [0.1, 0.15) is 5.82 Å². The molecule has 0 bridgehead atoms. The van der Waals surface area contributed by atoms with E-state index in [0.717, 1.165) is 22.3 Å². The molecule has 1 aliphatic heterocycles. The number of aromatic amines is 1.